The van der Waals surface area contributed by atoms with E-state index >= 15 is 0 Å². The monoisotopic (exact) mass is 216 g/mol. The Labute approximate surface area is 82.3 Å². The molecule has 6 heteroatoms. The number of hydrogen-bond donors (Lipinski definition) is 0. The van der Waals surface area contributed by atoms with Gasteiger partial charge in [-0.2, -0.15) is 12.8 Å². The van der Waals surface area contributed by atoms with E-state index < -0.39 is 10.0 Å². The zero-order valence-electron chi connectivity index (χ0n) is 7.84. The Morgan fingerprint density at radius 1 is 1.29 bits per heavy atom. The summed E-state index contributed by atoms with van der Waals surface area (Å²) in [6.07, 6.45) is 0. The first-order chi connectivity index (χ1) is 6.48. The number of aryl methyl sites for hydroxylation is 1. The molecule has 0 saturated heterocycles. The van der Waals surface area contributed by atoms with Gasteiger partial charge in [0.05, 0.1) is 10.2 Å². The Hall–Kier alpha value is -1.43. The molecule has 1 rings (SSSR count). The molecule has 0 aliphatic rings. The van der Waals surface area contributed by atoms with Gasteiger partial charge in [-0.25, -0.2) is 0 Å². The lowest BCUT2D eigenvalue weighted by atomic mass is 10.2. The second kappa shape index (κ2) is 3.75. The van der Waals surface area contributed by atoms with Gasteiger partial charge >= 0.3 is 0 Å². The second-order valence-electron chi connectivity index (χ2n) is 2.83. The molecule has 0 bridgehead atoms. The van der Waals surface area contributed by atoms with Gasteiger partial charge in [-0.15, -0.1) is 4.91 Å². The second-order valence-corrected chi connectivity index (χ2v) is 4.78. The minimum atomic E-state index is -3.75. The highest BCUT2D eigenvalue weighted by Crippen LogP contribution is 2.14. The zero-order valence-corrected chi connectivity index (χ0v) is 8.65. The topological polar surface area (TPSA) is 66.8 Å². The van der Waals surface area contributed by atoms with Crippen molar-refractivity contribution in [2.75, 3.05) is 7.05 Å². The van der Waals surface area contributed by atoms with E-state index in [4.69, 9.17) is 0 Å². The number of hydrogen-bond acceptors (Lipinski definition) is 4. The smallest absolute Gasteiger partial charge is 0.200 e. The molecule has 0 amide bonds. The van der Waals surface area contributed by atoms with Gasteiger partial charge in [-0.1, -0.05) is 17.7 Å². The van der Waals surface area contributed by atoms with E-state index in [1.165, 1.54) is 12.1 Å². The Morgan fingerprint density at radius 3 is 2.21 bits per heavy atom. The van der Waals surface area contributed by atoms with Crippen LogP contribution >= 0.6 is 0 Å². The maximum atomic E-state index is 11.5. The van der Waals surface area contributed by atoms with Crippen LogP contribution < -0.4 is 0 Å². The summed E-state index contributed by atoms with van der Waals surface area (Å²) in [4.78, 5) is 10.1. The minimum absolute atomic E-state index is 0.0604. The zero-order chi connectivity index (χ0) is 10.8. The van der Waals surface area contributed by atoms with Crippen LogP contribution in [0.4, 0.5) is 0 Å². The molecular formula is C8H10N2O3S. The van der Waals surface area contributed by atoms with Crippen LogP contribution in [0.1, 0.15) is 5.56 Å². The van der Waals surface area contributed by atoms with Crippen molar-refractivity contribution in [1.82, 2.24) is 4.41 Å². The molecule has 0 heterocycles. The van der Waals surface area contributed by atoms with Gasteiger partial charge in [0, 0.05) is 7.05 Å². The number of benzene rings is 1. The van der Waals surface area contributed by atoms with Crippen LogP contribution in [0, 0.1) is 11.8 Å². The van der Waals surface area contributed by atoms with Crippen molar-refractivity contribution in [3.05, 3.63) is 34.7 Å². The Morgan fingerprint density at radius 2 is 1.79 bits per heavy atom. The first-order valence-corrected chi connectivity index (χ1v) is 5.31. The van der Waals surface area contributed by atoms with Crippen LogP contribution in [0.2, 0.25) is 0 Å². The van der Waals surface area contributed by atoms with E-state index in [1.54, 1.807) is 12.1 Å². The van der Waals surface area contributed by atoms with E-state index in [2.05, 4.69) is 5.29 Å². The molecule has 0 aliphatic heterocycles. The van der Waals surface area contributed by atoms with Crippen LogP contribution in [-0.4, -0.2) is 19.9 Å². The maximum Gasteiger partial charge on any atom is 0.281 e. The molecule has 0 N–H and O–H groups in total. The Bertz CT molecular complexity index is 424. The van der Waals surface area contributed by atoms with Crippen LogP contribution in [0.15, 0.2) is 34.4 Å². The fourth-order valence-electron chi connectivity index (χ4n) is 0.907. The molecule has 5 nitrogen and oxygen atoms in total. The third-order valence-electron chi connectivity index (χ3n) is 1.78. The average molecular weight is 216 g/mol. The highest BCUT2D eigenvalue weighted by molar-refractivity contribution is 7.89. The quantitative estimate of drug-likeness (QED) is 0.565. The third kappa shape index (κ3) is 1.90. The van der Waals surface area contributed by atoms with Gasteiger partial charge in [0.1, 0.15) is 0 Å². The fraction of sp³-hybridized carbons (Fsp3) is 0.250. The van der Waals surface area contributed by atoms with Crippen molar-refractivity contribution in [2.24, 2.45) is 5.29 Å². The van der Waals surface area contributed by atoms with E-state index in [0.717, 1.165) is 12.6 Å². The predicted octanol–water partition coefficient (Wildman–Crippen LogP) is 1.30. The van der Waals surface area contributed by atoms with Crippen molar-refractivity contribution in [1.29, 1.82) is 0 Å². The fourth-order valence-corrected chi connectivity index (χ4v) is 1.78. The molecule has 0 atom stereocenters. The number of nitroso groups, excluding NO2 is 1. The van der Waals surface area contributed by atoms with E-state index in [9.17, 15) is 13.3 Å². The van der Waals surface area contributed by atoms with Gasteiger partial charge in [0.25, 0.3) is 10.0 Å². The lowest BCUT2D eigenvalue weighted by molar-refractivity contribution is 0.486. The van der Waals surface area contributed by atoms with Gasteiger partial charge in [-0.05, 0) is 19.1 Å². The first kappa shape index (κ1) is 10.6. The van der Waals surface area contributed by atoms with E-state index in [1.807, 2.05) is 6.92 Å². The van der Waals surface area contributed by atoms with Gasteiger partial charge < -0.3 is 0 Å². The van der Waals surface area contributed by atoms with Gasteiger partial charge in [0.2, 0.25) is 0 Å². The molecule has 0 saturated carbocycles. The molecule has 0 aromatic heterocycles. The van der Waals surface area contributed by atoms with E-state index in [-0.39, 0.29) is 4.90 Å². The largest absolute Gasteiger partial charge is 0.281 e. The summed E-state index contributed by atoms with van der Waals surface area (Å²) >= 11 is 0. The summed E-state index contributed by atoms with van der Waals surface area (Å²) < 4.78 is 23.4. The minimum Gasteiger partial charge on any atom is -0.200 e. The average Bonchev–Trinajstić information content (AvgIpc) is 2.17. The SMILES string of the molecule is Cc1ccc(S(=O)(=O)N([14CH3])N=O)cc1. The summed E-state index contributed by atoms with van der Waals surface area (Å²) in [7, 11) is -2.65. The lowest BCUT2D eigenvalue weighted by Gasteiger charge is -2.09. The Balaban J connectivity index is 3.17. The van der Waals surface area contributed by atoms with Crippen LogP contribution in [-0.2, 0) is 10.0 Å². The number of nitrogens with zero attached hydrogens (tertiary/aromatic N) is 2. The van der Waals surface area contributed by atoms with Crippen LogP contribution in [0.25, 0.3) is 0 Å². The number of sulfonamides is 1. The van der Waals surface area contributed by atoms with Crippen molar-refractivity contribution < 1.29 is 8.42 Å². The predicted molar refractivity (Wildman–Crippen MR) is 51.9 cm³/mol. The Kier molecular flexibility index (Phi) is 2.85. The van der Waals surface area contributed by atoms with Gasteiger partial charge in [0.15, 0.2) is 0 Å². The summed E-state index contributed by atoms with van der Waals surface area (Å²) in [5.41, 5.74) is 0.950. The van der Waals surface area contributed by atoms with Crippen molar-refractivity contribution >= 4 is 10.0 Å². The molecule has 1 aromatic carbocycles. The molecular weight excluding hydrogens is 206 g/mol. The normalized spacial score (nSPS) is 11.0. The summed E-state index contributed by atoms with van der Waals surface area (Å²) in [5.74, 6) is 0. The molecule has 0 fully saturated rings. The van der Waals surface area contributed by atoms with E-state index in [0.29, 0.717) is 4.41 Å². The molecule has 76 valence electrons. The van der Waals surface area contributed by atoms with Crippen molar-refractivity contribution in [3.63, 3.8) is 0 Å². The van der Waals surface area contributed by atoms with Crippen molar-refractivity contribution in [2.45, 2.75) is 11.8 Å². The molecule has 0 radical (unpaired) electrons. The highest BCUT2D eigenvalue weighted by atomic mass is 32.2. The van der Waals surface area contributed by atoms with Crippen LogP contribution in [0.3, 0.4) is 0 Å². The third-order valence-corrected chi connectivity index (χ3v) is 3.41. The molecule has 0 spiro atoms. The molecule has 0 unspecified atom stereocenters. The molecule has 0 aliphatic carbocycles. The number of rotatable bonds is 3. The summed E-state index contributed by atoms with van der Waals surface area (Å²) in [6.45, 7) is 1.85. The maximum absolute atomic E-state index is 11.5. The molecule has 1 aromatic rings. The van der Waals surface area contributed by atoms with Gasteiger partial charge in [-0.3, -0.25) is 0 Å². The first-order valence-electron chi connectivity index (χ1n) is 3.87. The summed E-state index contributed by atoms with van der Waals surface area (Å²) in [6, 6.07) is 6.19. The highest BCUT2D eigenvalue weighted by Gasteiger charge is 2.19. The molecule has 14 heavy (non-hydrogen) atoms. The van der Waals surface area contributed by atoms with Crippen molar-refractivity contribution in [3.8, 4) is 0 Å². The lowest BCUT2D eigenvalue weighted by Crippen LogP contribution is -2.20. The standard InChI is InChI=1S/C8H10N2O3S/c1-7-3-5-8(6-4-7)14(12,13)10(2)9-11/h3-6H,1-2H3/i2+2. The van der Waals surface area contributed by atoms with Crippen LogP contribution in [0.5, 0.6) is 0 Å². The summed E-state index contributed by atoms with van der Waals surface area (Å²) in [5, 5.41) is 2.35.